The number of carbonyl (C=O) groups excluding carboxylic acids is 2. The van der Waals surface area contributed by atoms with E-state index in [9.17, 15) is 18.0 Å². The first-order valence-corrected chi connectivity index (χ1v) is 14.4. The number of amidine groups is 1. The second-order valence-corrected chi connectivity index (χ2v) is 12.7. The molecule has 0 radical (unpaired) electrons. The first kappa shape index (κ1) is 24.1. The van der Waals surface area contributed by atoms with E-state index >= 15 is 0 Å². The van der Waals surface area contributed by atoms with E-state index in [1.165, 1.54) is 11.8 Å². The molecule has 3 aliphatic heterocycles. The van der Waals surface area contributed by atoms with Crippen LogP contribution in [0.25, 0.3) is 0 Å². The monoisotopic (exact) mass is 532 g/mol. The minimum absolute atomic E-state index is 0.0400. The fraction of sp³-hybridized carbons (Fsp3) is 0.375. The van der Waals surface area contributed by atoms with Gasteiger partial charge in [0, 0.05) is 48.2 Å². The average molecular weight is 533 g/mol. The topological polar surface area (TPSA) is 99.2 Å². The van der Waals surface area contributed by atoms with Crippen molar-refractivity contribution in [2.24, 2.45) is 4.99 Å². The van der Waals surface area contributed by atoms with Crippen molar-refractivity contribution in [1.82, 2.24) is 4.90 Å². The Hall–Kier alpha value is -2.56. The Morgan fingerprint density at radius 2 is 1.71 bits per heavy atom. The number of rotatable bonds is 4. The van der Waals surface area contributed by atoms with Gasteiger partial charge in [-0.3, -0.25) is 14.6 Å². The lowest BCUT2D eigenvalue weighted by Crippen LogP contribution is -2.48. The van der Waals surface area contributed by atoms with Crippen molar-refractivity contribution < 1.29 is 18.0 Å². The molecule has 35 heavy (non-hydrogen) atoms. The molecule has 0 unspecified atom stereocenters. The molecule has 0 spiro atoms. The van der Waals surface area contributed by atoms with Crippen LogP contribution < -0.4 is 10.2 Å². The van der Waals surface area contributed by atoms with Crippen molar-refractivity contribution in [3.63, 3.8) is 0 Å². The molecule has 3 heterocycles. The summed E-state index contributed by atoms with van der Waals surface area (Å²) in [5.41, 5.74) is 2.83. The highest BCUT2D eigenvalue weighted by atomic mass is 35.5. The van der Waals surface area contributed by atoms with Crippen LogP contribution in [-0.4, -0.2) is 79.2 Å². The number of Topliss-reactive ketones (excluding diaryl/α,β-unsaturated/α-hetero) is 1. The van der Waals surface area contributed by atoms with Crippen molar-refractivity contribution >= 4 is 61.4 Å². The van der Waals surface area contributed by atoms with Crippen LogP contribution in [0.1, 0.15) is 27.6 Å². The van der Waals surface area contributed by atoms with Crippen LogP contribution in [0.5, 0.6) is 0 Å². The summed E-state index contributed by atoms with van der Waals surface area (Å²) < 4.78 is 23.6. The van der Waals surface area contributed by atoms with Gasteiger partial charge in [0.15, 0.2) is 20.8 Å². The molecule has 8 nitrogen and oxygen atoms in total. The molecule has 2 aromatic carbocycles. The van der Waals surface area contributed by atoms with Crippen LogP contribution in [0.2, 0.25) is 5.02 Å². The Kier molecular flexibility index (Phi) is 6.54. The molecule has 0 saturated carbocycles. The highest BCUT2D eigenvalue weighted by molar-refractivity contribution is 8.15. The lowest BCUT2D eigenvalue weighted by atomic mass is 10.1. The van der Waals surface area contributed by atoms with E-state index in [0.717, 1.165) is 5.69 Å². The van der Waals surface area contributed by atoms with E-state index in [4.69, 9.17) is 11.6 Å². The molecule has 5 rings (SSSR count). The van der Waals surface area contributed by atoms with Gasteiger partial charge in [0.05, 0.1) is 28.3 Å². The van der Waals surface area contributed by atoms with Crippen molar-refractivity contribution in [2.45, 2.75) is 18.2 Å². The molecule has 0 aromatic heterocycles. The van der Waals surface area contributed by atoms with Gasteiger partial charge in [-0.2, -0.15) is 0 Å². The third kappa shape index (κ3) is 5.19. The van der Waals surface area contributed by atoms with Crippen LogP contribution in [0.4, 0.5) is 11.4 Å². The number of ketones is 1. The van der Waals surface area contributed by atoms with Gasteiger partial charge in [-0.05, 0) is 49.4 Å². The van der Waals surface area contributed by atoms with Gasteiger partial charge >= 0.3 is 0 Å². The maximum atomic E-state index is 13.2. The Balaban J connectivity index is 1.22. The van der Waals surface area contributed by atoms with E-state index in [-0.39, 0.29) is 34.5 Å². The van der Waals surface area contributed by atoms with Gasteiger partial charge in [0.1, 0.15) is 0 Å². The number of aliphatic imine (C=N–C) groups is 1. The number of halogens is 1. The minimum Gasteiger partial charge on any atom is -0.368 e. The van der Waals surface area contributed by atoms with Crippen molar-refractivity contribution in [3.05, 3.63) is 58.6 Å². The molecule has 2 saturated heterocycles. The maximum Gasteiger partial charge on any atom is 0.254 e. The first-order chi connectivity index (χ1) is 16.7. The molecule has 3 aliphatic rings. The van der Waals surface area contributed by atoms with E-state index in [1.807, 2.05) is 29.2 Å². The minimum atomic E-state index is -3.02. The zero-order valence-electron chi connectivity index (χ0n) is 19.1. The number of nitrogens with zero attached hydrogens (tertiary/aromatic N) is 3. The van der Waals surface area contributed by atoms with E-state index in [0.29, 0.717) is 53.2 Å². The standard InChI is InChI=1S/C24H25ClN4O4S2/c1-15(30)16-2-5-18(6-3-16)28-8-10-29(11-9-28)23(31)17-4-7-19(25)20(12-17)26-24-27-21-13-35(32,33)14-22(21)34-24/h2-7,12,21-22H,8-11,13-14H2,1H3,(H,26,27)/t21-,22-/m1/s1. The zero-order chi connectivity index (χ0) is 24.7. The summed E-state index contributed by atoms with van der Waals surface area (Å²) in [6, 6.07) is 12.4. The summed E-state index contributed by atoms with van der Waals surface area (Å²) in [7, 11) is -3.02. The Morgan fingerprint density at radius 3 is 2.37 bits per heavy atom. The molecule has 2 atom stereocenters. The SMILES string of the molecule is CC(=O)c1ccc(N2CCN(C(=O)c3ccc(Cl)c(NC4=N[C@@H]5CS(=O)(=O)C[C@H]5S4)c3)CC2)cc1. The molecule has 1 amide bonds. The van der Waals surface area contributed by atoms with Crippen LogP contribution in [-0.2, 0) is 9.84 Å². The number of carbonyl (C=O) groups is 2. The molecule has 11 heteroatoms. The molecule has 2 fully saturated rings. The zero-order valence-corrected chi connectivity index (χ0v) is 21.5. The predicted molar refractivity (Wildman–Crippen MR) is 141 cm³/mol. The normalized spacial score (nSPS) is 23.1. The molecule has 1 N–H and O–H groups in total. The highest BCUT2D eigenvalue weighted by Gasteiger charge is 2.42. The lowest BCUT2D eigenvalue weighted by molar-refractivity contribution is 0.0746. The van der Waals surface area contributed by atoms with Crippen LogP contribution in [0.3, 0.4) is 0 Å². The van der Waals surface area contributed by atoms with Crippen molar-refractivity contribution in [1.29, 1.82) is 0 Å². The van der Waals surface area contributed by atoms with Crippen LogP contribution in [0, 0.1) is 0 Å². The Bertz CT molecular complexity index is 1310. The third-order valence-corrected chi connectivity index (χ3v) is 9.95. The molecular formula is C24H25ClN4O4S2. The number of hydrogen-bond acceptors (Lipinski definition) is 8. The molecule has 0 aliphatic carbocycles. The van der Waals surface area contributed by atoms with Gasteiger partial charge in [0.2, 0.25) is 0 Å². The number of nitrogens with one attached hydrogen (secondary N) is 1. The Morgan fingerprint density at radius 1 is 1.03 bits per heavy atom. The van der Waals surface area contributed by atoms with Gasteiger partial charge < -0.3 is 15.1 Å². The van der Waals surface area contributed by atoms with Gasteiger partial charge in [-0.1, -0.05) is 23.4 Å². The summed E-state index contributed by atoms with van der Waals surface area (Å²) in [6.45, 7) is 4.11. The number of sulfone groups is 1. The number of hydrogen-bond donors (Lipinski definition) is 1. The fourth-order valence-electron chi connectivity index (χ4n) is 4.54. The van der Waals surface area contributed by atoms with Gasteiger partial charge in [0.25, 0.3) is 5.91 Å². The predicted octanol–water partition coefficient (Wildman–Crippen LogP) is 3.19. The van der Waals surface area contributed by atoms with Gasteiger partial charge in [-0.25, -0.2) is 8.42 Å². The van der Waals surface area contributed by atoms with E-state index < -0.39 is 9.84 Å². The largest absolute Gasteiger partial charge is 0.368 e. The second kappa shape index (κ2) is 9.48. The van der Waals surface area contributed by atoms with Crippen molar-refractivity contribution in [2.75, 3.05) is 47.9 Å². The number of fused-ring (bicyclic) bond motifs is 1. The quantitative estimate of drug-likeness (QED) is 0.604. The van der Waals surface area contributed by atoms with Crippen LogP contribution >= 0.6 is 23.4 Å². The molecule has 2 aromatic rings. The smallest absolute Gasteiger partial charge is 0.254 e. The summed E-state index contributed by atoms with van der Waals surface area (Å²) in [6.07, 6.45) is 0. The van der Waals surface area contributed by atoms with E-state index in [1.54, 1.807) is 25.1 Å². The lowest BCUT2D eigenvalue weighted by Gasteiger charge is -2.36. The number of anilines is 2. The van der Waals surface area contributed by atoms with E-state index in [2.05, 4.69) is 15.2 Å². The number of thioether (sulfide) groups is 1. The summed E-state index contributed by atoms with van der Waals surface area (Å²) in [4.78, 5) is 33.2. The second-order valence-electron chi connectivity index (χ2n) is 8.94. The fourth-order valence-corrected chi connectivity index (χ4v) is 8.38. The molecule has 184 valence electrons. The highest BCUT2D eigenvalue weighted by Crippen LogP contribution is 2.35. The number of benzene rings is 2. The maximum absolute atomic E-state index is 13.2. The average Bonchev–Trinajstić information content (AvgIpc) is 3.32. The summed E-state index contributed by atoms with van der Waals surface area (Å²) in [5, 5.41) is 4.22. The molecule has 0 bridgehead atoms. The van der Waals surface area contributed by atoms with Gasteiger partial charge in [-0.15, -0.1) is 0 Å². The molecular weight excluding hydrogens is 508 g/mol. The summed E-state index contributed by atoms with van der Waals surface area (Å²) in [5.74, 6) is 0.184. The Labute approximate surface area is 213 Å². The first-order valence-electron chi connectivity index (χ1n) is 11.4. The van der Waals surface area contributed by atoms with Crippen LogP contribution in [0.15, 0.2) is 47.5 Å². The number of amides is 1. The summed E-state index contributed by atoms with van der Waals surface area (Å²) >= 11 is 7.78. The number of piperazine rings is 1. The van der Waals surface area contributed by atoms with Crippen molar-refractivity contribution in [3.8, 4) is 0 Å². The third-order valence-electron chi connectivity index (χ3n) is 6.48.